The number of carbonyl (C=O) groups excluding carboxylic acids is 1. The Hall–Kier alpha value is -1.46. The summed E-state index contributed by atoms with van der Waals surface area (Å²) in [6.45, 7) is 6.33. The first-order chi connectivity index (χ1) is 9.90. The Morgan fingerprint density at radius 1 is 1.38 bits per heavy atom. The molecule has 1 aromatic carbocycles. The predicted octanol–water partition coefficient (Wildman–Crippen LogP) is 3.60. The molecule has 1 heterocycles. The van der Waals surface area contributed by atoms with Crippen molar-refractivity contribution in [2.45, 2.75) is 39.2 Å². The van der Waals surface area contributed by atoms with Crippen LogP contribution in [-0.2, 0) is 0 Å². The van der Waals surface area contributed by atoms with Crippen molar-refractivity contribution in [3.63, 3.8) is 0 Å². The number of aryl methyl sites for hydroxylation is 1. The van der Waals surface area contributed by atoms with E-state index in [0.717, 1.165) is 28.5 Å². The minimum Gasteiger partial charge on any atom is -0.349 e. The predicted molar refractivity (Wildman–Crippen MR) is 86.4 cm³/mol. The van der Waals surface area contributed by atoms with Crippen LogP contribution in [0, 0.1) is 12.7 Å². The van der Waals surface area contributed by atoms with Crippen molar-refractivity contribution in [2.24, 2.45) is 5.73 Å². The number of nitrogens with one attached hydrogen (secondary N) is 1. The highest BCUT2D eigenvalue weighted by molar-refractivity contribution is 7.21. The van der Waals surface area contributed by atoms with Gasteiger partial charge in [0.15, 0.2) is 0 Å². The van der Waals surface area contributed by atoms with Crippen LogP contribution in [0.4, 0.5) is 4.39 Å². The number of nitrogens with two attached hydrogens (primary N) is 1. The van der Waals surface area contributed by atoms with Crippen LogP contribution >= 0.6 is 11.3 Å². The summed E-state index contributed by atoms with van der Waals surface area (Å²) in [5, 5.41) is 3.71. The lowest BCUT2D eigenvalue weighted by atomic mass is 9.94. The molecule has 0 spiro atoms. The molecular formula is C16H21FN2OS. The van der Waals surface area contributed by atoms with Crippen LogP contribution in [0.5, 0.6) is 0 Å². The SMILES string of the molecule is CCC(N)(CC)CNC(=O)c1sc2ccc(F)cc2c1C. The van der Waals surface area contributed by atoms with Crippen LogP contribution < -0.4 is 11.1 Å². The summed E-state index contributed by atoms with van der Waals surface area (Å²) in [4.78, 5) is 13.0. The molecule has 3 nitrogen and oxygen atoms in total. The highest BCUT2D eigenvalue weighted by Crippen LogP contribution is 2.31. The number of benzene rings is 1. The van der Waals surface area contributed by atoms with Crippen molar-refractivity contribution < 1.29 is 9.18 Å². The fraction of sp³-hybridized carbons (Fsp3) is 0.438. The van der Waals surface area contributed by atoms with E-state index in [1.165, 1.54) is 23.5 Å². The molecule has 0 aliphatic heterocycles. The van der Waals surface area contributed by atoms with E-state index in [-0.39, 0.29) is 17.3 Å². The van der Waals surface area contributed by atoms with Crippen molar-refractivity contribution >= 4 is 27.3 Å². The van der Waals surface area contributed by atoms with Gasteiger partial charge in [-0.1, -0.05) is 13.8 Å². The molecule has 1 amide bonds. The second-order valence-corrected chi connectivity index (χ2v) is 6.50. The van der Waals surface area contributed by atoms with E-state index in [1.54, 1.807) is 6.07 Å². The maximum Gasteiger partial charge on any atom is 0.261 e. The molecule has 5 heteroatoms. The first-order valence-corrected chi connectivity index (χ1v) is 7.97. The summed E-state index contributed by atoms with van der Waals surface area (Å²) in [5.74, 6) is -0.417. The van der Waals surface area contributed by atoms with Gasteiger partial charge in [-0.15, -0.1) is 11.3 Å². The number of fused-ring (bicyclic) bond motifs is 1. The van der Waals surface area contributed by atoms with Gasteiger partial charge in [-0.3, -0.25) is 4.79 Å². The molecule has 2 aromatic rings. The van der Waals surface area contributed by atoms with Crippen LogP contribution in [0.3, 0.4) is 0 Å². The summed E-state index contributed by atoms with van der Waals surface area (Å²) >= 11 is 1.39. The van der Waals surface area contributed by atoms with Gasteiger partial charge in [0.1, 0.15) is 5.82 Å². The third-order valence-corrected chi connectivity index (χ3v) is 5.39. The number of carbonyl (C=O) groups is 1. The highest BCUT2D eigenvalue weighted by atomic mass is 32.1. The topological polar surface area (TPSA) is 55.1 Å². The Balaban J connectivity index is 2.22. The number of hydrogen-bond donors (Lipinski definition) is 2. The van der Waals surface area contributed by atoms with Gasteiger partial charge in [0.2, 0.25) is 0 Å². The largest absolute Gasteiger partial charge is 0.349 e. The van der Waals surface area contributed by atoms with Gasteiger partial charge in [0, 0.05) is 16.8 Å². The Morgan fingerprint density at radius 3 is 2.67 bits per heavy atom. The van der Waals surface area contributed by atoms with Gasteiger partial charge in [-0.2, -0.15) is 0 Å². The van der Waals surface area contributed by atoms with Crippen LogP contribution in [0.15, 0.2) is 18.2 Å². The van der Waals surface area contributed by atoms with Gasteiger partial charge in [-0.25, -0.2) is 4.39 Å². The maximum atomic E-state index is 13.3. The van der Waals surface area contributed by atoms with Gasteiger partial charge >= 0.3 is 0 Å². The normalized spacial score (nSPS) is 11.9. The zero-order valence-electron chi connectivity index (χ0n) is 12.6. The molecular weight excluding hydrogens is 287 g/mol. The lowest BCUT2D eigenvalue weighted by molar-refractivity contribution is 0.0946. The molecule has 3 N–H and O–H groups in total. The van der Waals surface area contributed by atoms with E-state index >= 15 is 0 Å². The minimum absolute atomic E-state index is 0.133. The Bertz CT molecular complexity index is 662. The quantitative estimate of drug-likeness (QED) is 0.887. The number of rotatable bonds is 5. The molecule has 1 aromatic heterocycles. The number of hydrogen-bond acceptors (Lipinski definition) is 3. The second-order valence-electron chi connectivity index (χ2n) is 5.45. The summed E-state index contributed by atoms with van der Waals surface area (Å²) in [7, 11) is 0. The van der Waals surface area contributed by atoms with Crippen LogP contribution in [0.2, 0.25) is 0 Å². The van der Waals surface area contributed by atoms with Crippen molar-refractivity contribution in [1.29, 1.82) is 0 Å². The van der Waals surface area contributed by atoms with Crippen LogP contribution in [0.25, 0.3) is 10.1 Å². The lowest BCUT2D eigenvalue weighted by Gasteiger charge is -2.26. The highest BCUT2D eigenvalue weighted by Gasteiger charge is 2.23. The molecule has 2 rings (SSSR count). The van der Waals surface area contributed by atoms with E-state index in [0.29, 0.717) is 11.4 Å². The van der Waals surface area contributed by atoms with Crippen molar-refractivity contribution in [3.8, 4) is 0 Å². The second kappa shape index (κ2) is 6.12. The minimum atomic E-state index is -0.369. The van der Waals surface area contributed by atoms with E-state index in [9.17, 15) is 9.18 Å². The molecule has 0 unspecified atom stereocenters. The first-order valence-electron chi connectivity index (χ1n) is 7.16. The van der Waals surface area contributed by atoms with Gasteiger partial charge in [0.05, 0.1) is 4.88 Å². The smallest absolute Gasteiger partial charge is 0.261 e. The number of halogens is 1. The third-order valence-electron chi connectivity index (χ3n) is 4.11. The summed E-state index contributed by atoms with van der Waals surface area (Å²) < 4.78 is 14.2. The molecule has 0 radical (unpaired) electrons. The Labute approximate surface area is 128 Å². The van der Waals surface area contributed by atoms with Crippen LogP contribution in [-0.4, -0.2) is 18.0 Å². The van der Waals surface area contributed by atoms with Crippen LogP contribution in [0.1, 0.15) is 41.9 Å². The molecule has 114 valence electrons. The number of amides is 1. The standard InChI is InChI=1S/C16H21FN2OS/c1-4-16(18,5-2)9-19-15(20)14-10(3)12-8-11(17)6-7-13(12)21-14/h6-8H,4-5,9,18H2,1-3H3,(H,19,20). The Morgan fingerprint density at radius 2 is 2.05 bits per heavy atom. The molecule has 0 atom stereocenters. The molecule has 0 saturated carbocycles. The first kappa shape index (κ1) is 15.9. The molecule has 0 fully saturated rings. The monoisotopic (exact) mass is 308 g/mol. The van der Waals surface area contributed by atoms with E-state index in [2.05, 4.69) is 5.32 Å². The van der Waals surface area contributed by atoms with Gasteiger partial charge in [0.25, 0.3) is 5.91 Å². The van der Waals surface area contributed by atoms with Crippen molar-refractivity contribution in [3.05, 3.63) is 34.5 Å². The molecule has 21 heavy (non-hydrogen) atoms. The van der Waals surface area contributed by atoms with E-state index < -0.39 is 0 Å². The van der Waals surface area contributed by atoms with Crippen molar-refractivity contribution in [1.82, 2.24) is 5.32 Å². The zero-order valence-corrected chi connectivity index (χ0v) is 13.4. The molecule has 0 bridgehead atoms. The average molecular weight is 308 g/mol. The van der Waals surface area contributed by atoms with E-state index in [4.69, 9.17) is 5.73 Å². The summed E-state index contributed by atoms with van der Waals surface area (Å²) in [6, 6.07) is 4.60. The summed E-state index contributed by atoms with van der Waals surface area (Å²) in [6.07, 6.45) is 1.61. The Kier molecular flexibility index (Phi) is 4.64. The average Bonchev–Trinajstić information content (AvgIpc) is 2.81. The molecule has 0 aliphatic carbocycles. The molecule has 0 saturated heterocycles. The maximum absolute atomic E-state index is 13.3. The lowest BCUT2D eigenvalue weighted by Crippen LogP contribution is -2.49. The summed E-state index contributed by atoms with van der Waals surface area (Å²) in [5.41, 5.74) is 6.65. The fourth-order valence-electron chi connectivity index (χ4n) is 2.25. The van der Waals surface area contributed by atoms with E-state index in [1.807, 2.05) is 20.8 Å². The van der Waals surface area contributed by atoms with Gasteiger partial charge in [-0.05, 0) is 48.9 Å². The van der Waals surface area contributed by atoms with Gasteiger partial charge < -0.3 is 11.1 Å². The fourth-order valence-corrected chi connectivity index (χ4v) is 3.35. The third kappa shape index (κ3) is 3.24. The molecule has 0 aliphatic rings. The number of thiophene rings is 1. The zero-order chi connectivity index (χ0) is 15.6. The van der Waals surface area contributed by atoms with Crippen molar-refractivity contribution in [2.75, 3.05) is 6.54 Å².